The first-order chi connectivity index (χ1) is 8.10. The number of aliphatic hydroxyl groups is 1. The second kappa shape index (κ2) is 5.95. The van der Waals surface area contributed by atoms with Crippen molar-refractivity contribution in [3.05, 3.63) is 46.8 Å². The van der Waals surface area contributed by atoms with E-state index in [4.69, 9.17) is 5.11 Å². The average molecular weight is 240 g/mol. The summed E-state index contributed by atoms with van der Waals surface area (Å²) in [4.78, 5) is 11.7. The Morgan fingerprint density at radius 2 is 2.29 bits per heavy atom. The van der Waals surface area contributed by atoms with E-state index in [9.17, 15) is 14.5 Å². The molecule has 5 nitrogen and oxygen atoms in total. The Morgan fingerprint density at radius 1 is 1.59 bits per heavy atom. The number of aliphatic hydroxyl groups excluding tert-OH is 1. The Balaban J connectivity index is 3.16. The summed E-state index contributed by atoms with van der Waals surface area (Å²) in [6.45, 7) is 3.94. The van der Waals surface area contributed by atoms with E-state index in [-0.39, 0.29) is 24.5 Å². The Kier molecular flexibility index (Phi) is 4.59. The van der Waals surface area contributed by atoms with Gasteiger partial charge in [-0.1, -0.05) is 6.08 Å². The van der Waals surface area contributed by atoms with Gasteiger partial charge >= 0.3 is 0 Å². The monoisotopic (exact) mass is 240 g/mol. The van der Waals surface area contributed by atoms with Crippen LogP contribution in [0.15, 0.2) is 30.9 Å². The van der Waals surface area contributed by atoms with Gasteiger partial charge in [0.2, 0.25) is 0 Å². The van der Waals surface area contributed by atoms with Gasteiger partial charge in [0.1, 0.15) is 11.5 Å². The summed E-state index contributed by atoms with van der Waals surface area (Å²) in [7, 11) is 0. The summed E-state index contributed by atoms with van der Waals surface area (Å²) in [5.41, 5.74) is -0.0503. The molecule has 1 N–H and O–H groups in total. The van der Waals surface area contributed by atoms with E-state index in [1.54, 1.807) is 11.0 Å². The van der Waals surface area contributed by atoms with Gasteiger partial charge in [-0.05, 0) is 12.1 Å². The van der Waals surface area contributed by atoms with E-state index >= 15 is 0 Å². The van der Waals surface area contributed by atoms with Crippen LogP contribution in [0.1, 0.15) is 0 Å². The molecule has 17 heavy (non-hydrogen) atoms. The predicted octanol–water partition coefficient (Wildman–Crippen LogP) is 1.72. The summed E-state index contributed by atoms with van der Waals surface area (Å²) in [5, 5.41) is 19.7. The number of halogens is 1. The van der Waals surface area contributed by atoms with Crippen molar-refractivity contribution in [1.82, 2.24) is 0 Å². The van der Waals surface area contributed by atoms with Gasteiger partial charge in [0.15, 0.2) is 0 Å². The molecule has 0 saturated heterocycles. The largest absolute Gasteiger partial charge is 0.395 e. The van der Waals surface area contributed by atoms with Crippen LogP contribution >= 0.6 is 0 Å². The molecule has 1 aromatic rings. The third-order valence-corrected chi connectivity index (χ3v) is 2.19. The topological polar surface area (TPSA) is 66.6 Å². The highest BCUT2D eigenvalue weighted by Gasteiger charge is 2.19. The minimum atomic E-state index is -0.664. The van der Waals surface area contributed by atoms with Crippen LogP contribution in [-0.2, 0) is 0 Å². The van der Waals surface area contributed by atoms with Crippen molar-refractivity contribution in [1.29, 1.82) is 0 Å². The molecule has 0 aliphatic heterocycles. The van der Waals surface area contributed by atoms with Gasteiger partial charge in [-0.2, -0.15) is 0 Å². The fraction of sp³-hybridized carbons (Fsp3) is 0.273. The van der Waals surface area contributed by atoms with E-state index < -0.39 is 10.7 Å². The molecule has 0 atom stereocenters. The quantitative estimate of drug-likeness (QED) is 0.467. The van der Waals surface area contributed by atoms with E-state index in [0.29, 0.717) is 6.54 Å². The van der Waals surface area contributed by atoms with Gasteiger partial charge in [-0.15, -0.1) is 6.58 Å². The van der Waals surface area contributed by atoms with Crippen molar-refractivity contribution in [3.8, 4) is 0 Å². The van der Waals surface area contributed by atoms with Gasteiger partial charge < -0.3 is 10.0 Å². The maximum absolute atomic E-state index is 13.0. The lowest BCUT2D eigenvalue weighted by atomic mass is 10.2. The van der Waals surface area contributed by atoms with Gasteiger partial charge in [0.25, 0.3) is 5.69 Å². The van der Waals surface area contributed by atoms with Gasteiger partial charge in [0, 0.05) is 13.1 Å². The second-order valence-electron chi connectivity index (χ2n) is 3.35. The number of benzene rings is 1. The summed E-state index contributed by atoms with van der Waals surface area (Å²) >= 11 is 0. The molecule has 0 radical (unpaired) electrons. The lowest BCUT2D eigenvalue weighted by Gasteiger charge is -2.21. The zero-order valence-corrected chi connectivity index (χ0v) is 9.17. The average Bonchev–Trinajstić information content (AvgIpc) is 2.28. The molecule has 0 aliphatic carbocycles. The van der Waals surface area contributed by atoms with Crippen LogP contribution in [0.4, 0.5) is 15.8 Å². The highest BCUT2D eigenvalue weighted by atomic mass is 19.1. The first kappa shape index (κ1) is 13.1. The summed E-state index contributed by atoms with van der Waals surface area (Å²) < 4.78 is 13.0. The molecule has 1 aromatic carbocycles. The predicted molar refractivity (Wildman–Crippen MR) is 62.6 cm³/mol. The molecule has 1 rings (SSSR count). The van der Waals surface area contributed by atoms with Crippen molar-refractivity contribution in [3.63, 3.8) is 0 Å². The molecule has 0 spiro atoms. The van der Waals surface area contributed by atoms with Crippen LogP contribution < -0.4 is 4.90 Å². The summed E-state index contributed by atoms with van der Waals surface area (Å²) in [5.74, 6) is -0.664. The minimum absolute atomic E-state index is 0.150. The van der Waals surface area contributed by atoms with E-state index in [1.807, 2.05) is 0 Å². The lowest BCUT2D eigenvalue weighted by molar-refractivity contribution is -0.384. The zero-order valence-electron chi connectivity index (χ0n) is 9.17. The fourth-order valence-electron chi connectivity index (χ4n) is 1.50. The third-order valence-electron chi connectivity index (χ3n) is 2.19. The lowest BCUT2D eigenvalue weighted by Crippen LogP contribution is -2.27. The number of nitrogens with zero attached hydrogens (tertiary/aromatic N) is 2. The van der Waals surface area contributed by atoms with Crippen molar-refractivity contribution < 1.29 is 14.4 Å². The molecule has 0 aliphatic rings. The molecular weight excluding hydrogens is 227 g/mol. The minimum Gasteiger partial charge on any atom is -0.395 e. The van der Waals surface area contributed by atoms with Crippen LogP contribution in [0.25, 0.3) is 0 Å². The number of rotatable bonds is 6. The van der Waals surface area contributed by atoms with Crippen LogP contribution in [0.3, 0.4) is 0 Å². The molecule has 0 unspecified atom stereocenters. The van der Waals surface area contributed by atoms with Crippen molar-refractivity contribution in [2.24, 2.45) is 0 Å². The maximum Gasteiger partial charge on any atom is 0.295 e. The Hall–Kier alpha value is -1.95. The normalized spacial score (nSPS) is 10.0. The number of nitro groups is 1. The van der Waals surface area contributed by atoms with Gasteiger partial charge in [-0.3, -0.25) is 10.1 Å². The first-order valence-electron chi connectivity index (χ1n) is 5.00. The maximum atomic E-state index is 13.0. The molecule has 0 amide bonds. The molecular formula is C11H13FN2O3. The Bertz CT molecular complexity index is 423. The van der Waals surface area contributed by atoms with Crippen LogP contribution in [0, 0.1) is 15.9 Å². The van der Waals surface area contributed by atoms with Gasteiger partial charge in [0.05, 0.1) is 17.6 Å². The van der Waals surface area contributed by atoms with Gasteiger partial charge in [-0.25, -0.2) is 4.39 Å². The summed E-state index contributed by atoms with van der Waals surface area (Å²) in [6, 6.07) is 3.34. The SMILES string of the molecule is C=CCN(CCO)c1ccc(F)cc1[N+](=O)[O-]. The zero-order chi connectivity index (χ0) is 12.8. The van der Waals surface area contributed by atoms with Crippen LogP contribution in [0.5, 0.6) is 0 Å². The number of hydrogen-bond donors (Lipinski definition) is 1. The summed E-state index contributed by atoms with van der Waals surface area (Å²) in [6.07, 6.45) is 1.56. The fourth-order valence-corrected chi connectivity index (χ4v) is 1.50. The molecule has 0 fully saturated rings. The first-order valence-corrected chi connectivity index (χ1v) is 5.00. The number of nitro benzene ring substituents is 1. The van der Waals surface area contributed by atoms with E-state index in [0.717, 1.165) is 12.1 Å². The third kappa shape index (κ3) is 3.25. The molecule has 0 saturated carbocycles. The van der Waals surface area contributed by atoms with E-state index in [1.165, 1.54) is 6.07 Å². The van der Waals surface area contributed by atoms with Crippen LogP contribution in [-0.4, -0.2) is 29.7 Å². The molecule has 0 heterocycles. The van der Waals surface area contributed by atoms with Crippen molar-refractivity contribution in [2.45, 2.75) is 0 Å². The Labute approximate surface area is 97.9 Å². The van der Waals surface area contributed by atoms with E-state index in [2.05, 4.69) is 6.58 Å². The number of anilines is 1. The molecule has 0 aromatic heterocycles. The molecule has 6 heteroatoms. The standard InChI is InChI=1S/C11H13FN2O3/c1-2-5-13(6-7-15)10-4-3-9(12)8-11(10)14(16)17/h2-4,8,15H,1,5-7H2. The highest BCUT2D eigenvalue weighted by molar-refractivity contribution is 5.63. The van der Waals surface area contributed by atoms with Crippen molar-refractivity contribution >= 4 is 11.4 Å². The van der Waals surface area contributed by atoms with Crippen LogP contribution in [0.2, 0.25) is 0 Å². The van der Waals surface area contributed by atoms with Crippen molar-refractivity contribution in [2.75, 3.05) is 24.6 Å². The molecule has 92 valence electrons. The molecule has 0 bridgehead atoms. The highest BCUT2D eigenvalue weighted by Crippen LogP contribution is 2.28. The Morgan fingerprint density at radius 3 is 2.82 bits per heavy atom. The number of hydrogen-bond acceptors (Lipinski definition) is 4. The second-order valence-corrected chi connectivity index (χ2v) is 3.35. The smallest absolute Gasteiger partial charge is 0.295 e.